The standard InChI is InChI=1S/C15H13F2NO2/c16-12-6-11(7-13(17)8-12)9-18(10-15(19)20)14-4-2-1-3-5-14/h1-8H,9-10H2,(H,19,20). The number of para-hydroxylation sites is 1. The molecule has 2 aromatic carbocycles. The fourth-order valence-corrected chi connectivity index (χ4v) is 1.96. The minimum absolute atomic E-state index is 0.116. The number of carboxylic acid groups (broad SMARTS) is 1. The highest BCUT2D eigenvalue weighted by molar-refractivity contribution is 5.73. The van der Waals surface area contributed by atoms with E-state index in [0.29, 0.717) is 11.3 Å². The Morgan fingerprint density at radius 2 is 1.65 bits per heavy atom. The summed E-state index contributed by atoms with van der Waals surface area (Å²) in [5, 5.41) is 8.94. The minimum Gasteiger partial charge on any atom is -0.480 e. The molecular weight excluding hydrogens is 264 g/mol. The second-order valence-corrected chi connectivity index (χ2v) is 4.36. The summed E-state index contributed by atoms with van der Waals surface area (Å²) >= 11 is 0. The summed E-state index contributed by atoms with van der Waals surface area (Å²) in [6.45, 7) is -0.132. The lowest BCUT2D eigenvalue weighted by molar-refractivity contribution is -0.135. The number of carbonyl (C=O) groups is 1. The number of carboxylic acids is 1. The largest absolute Gasteiger partial charge is 0.480 e. The third kappa shape index (κ3) is 3.78. The van der Waals surface area contributed by atoms with E-state index in [1.165, 1.54) is 17.0 Å². The van der Waals surface area contributed by atoms with Gasteiger partial charge in [-0.1, -0.05) is 18.2 Å². The molecule has 0 aromatic heterocycles. The van der Waals surface area contributed by atoms with Crippen molar-refractivity contribution in [3.8, 4) is 0 Å². The Morgan fingerprint density at radius 3 is 2.20 bits per heavy atom. The molecule has 0 aliphatic carbocycles. The van der Waals surface area contributed by atoms with Crippen molar-refractivity contribution < 1.29 is 18.7 Å². The number of hydrogen-bond donors (Lipinski definition) is 1. The molecule has 1 N–H and O–H groups in total. The predicted molar refractivity (Wildman–Crippen MR) is 71.5 cm³/mol. The molecule has 0 atom stereocenters. The highest BCUT2D eigenvalue weighted by atomic mass is 19.1. The van der Waals surface area contributed by atoms with E-state index in [2.05, 4.69) is 0 Å². The Labute approximate surface area is 115 Å². The zero-order valence-electron chi connectivity index (χ0n) is 10.6. The van der Waals surface area contributed by atoms with Gasteiger partial charge in [-0.05, 0) is 29.8 Å². The summed E-state index contributed by atoms with van der Waals surface area (Å²) in [5.41, 5.74) is 1.06. The van der Waals surface area contributed by atoms with E-state index < -0.39 is 17.6 Å². The van der Waals surface area contributed by atoms with E-state index in [4.69, 9.17) is 5.11 Å². The van der Waals surface area contributed by atoms with Gasteiger partial charge in [-0.25, -0.2) is 8.78 Å². The Balaban J connectivity index is 2.26. The molecule has 0 fully saturated rings. The number of nitrogens with zero attached hydrogens (tertiary/aromatic N) is 1. The van der Waals surface area contributed by atoms with Crippen LogP contribution < -0.4 is 4.90 Å². The Kier molecular flexibility index (Phi) is 4.30. The van der Waals surface area contributed by atoms with Gasteiger partial charge in [0.2, 0.25) is 0 Å². The summed E-state index contributed by atoms with van der Waals surface area (Å²) in [6.07, 6.45) is 0. The fraction of sp³-hybridized carbons (Fsp3) is 0.133. The van der Waals surface area contributed by atoms with Crippen LogP contribution in [-0.4, -0.2) is 17.6 Å². The van der Waals surface area contributed by atoms with E-state index in [9.17, 15) is 13.6 Å². The van der Waals surface area contributed by atoms with Crippen molar-refractivity contribution in [2.45, 2.75) is 6.54 Å². The van der Waals surface area contributed by atoms with E-state index in [0.717, 1.165) is 6.07 Å². The average molecular weight is 277 g/mol. The zero-order chi connectivity index (χ0) is 14.5. The molecule has 2 aromatic rings. The Morgan fingerprint density at radius 1 is 1.05 bits per heavy atom. The van der Waals surface area contributed by atoms with Crippen LogP contribution in [0.1, 0.15) is 5.56 Å². The van der Waals surface area contributed by atoms with E-state index in [1.807, 2.05) is 6.07 Å². The van der Waals surface area contributed by atoms with Gasteiger partial charge in [-0.2, -0.15) is 0 Å². The van der Waals surface area contributed by atoms with E-state index >= 15 is 0 Å². The first-order valence-electron chi connectivity index (χ1n) is 6.01. The van der Waals surface area contributed by atoms with Crippen molar-refractivity contribution in [2.24, 2.45) is 0 Å². The summed E-state index contributed by atoms with van der Waals surface area (Å²) in [6, 6.07) is 12.0. The van der Waals surface area contributed by atoms with Crippen molar-refractivity contribution in [3.63, 3.8) is 0 Å². The van der Waals surface area contributed by atoms with Crippen molar-refractivity contribution in [3.05, 3.63) is 65.7 Å². The molecule has 0 saturated carbocycles. The van der Waals surface area contributed by atoms with Gasteiger partial charge in [0.15, 0.2) is 0 Å². The van der Waals surface area contributed by atoms with Gasteiger partial charge in [0.05, 0.1) is 0 Å². The number of aliphatic carboxylic acids is 1. The quantitative estimate of drug-likeness (QED) is 0.913. The first-order valence-corrected chi connectivity index (χ1v) is 6.01. The number of rotatable bonds is 5. The smallest absolute Gasteiger partial charge is 0.323 e. The molecular formula is C15H13F2NO2. The maximum atomic E-state index is 13.2. The third-order valence-corrected chi connectivity index (χ3v) is 2.74. The third-order valence-electron chi connectivity index (χ3n) is 2.74. The van der Waals surface area contributed by atoms with Crippen molar-refractivity contribution in [1.82, 2.24) is 0 Å². The van der Waals surface area contributed by atoms with Gasteiger partial charge in [-0.3, -0.25) is 4.79 Å². The van der Waals surface area contributed by atoms with Crippen LogP contribution in [0.15, 0.2) is 48.5 Å². The van der Waals surface area contributed by atoms with Crippen LogP contribution in [0.2, 0.25) is 0 Å². The molecule has 20 heavy (non-hydrogen) atoms. The molecule has 5 heteroatoms. The molecule has 3 nitrogen and oxygen atoms in total. The van der Waals surface area contributed by atoms with Gasteiger partial charge < -0.3 is 10.0 Å². The van der Waals surface area contributed by atoms with E-state index in [-0.39, 0.29) is 13.1 Å². The monoisotopic (exact) mass is 277 g/mol. The lowest BCUT2D eigenvalue weighted by atomic mass is 10.2. The Hall–Kier alpha value is -2.43. The normalized spacial score (nSPS) is 10.3. The lowest BCUT2D eigenvalue weighted by Gasteiger charge is -2.23. The number of hydrogen-bond acceptors (Lipinski definition) is 2. The van der Waals surface area contributed by atoms with E-state index in [1.54, 1.807) is 24.3 Å². The highest BCUT2D eigenvalue weighted by Gasteiger charge is 2.12. The van der Waals surface area contributed by atoms with Crippen LogP contribution in [0.3, 0.4) is 0 Å². The van der Waals surface area contributed by atoms with Gasteiger partial charge in [0.25, 0.3) is 0 Å². The molecule has 0 bridgehead atoms. The first-order chi connectivity index (χ1) is 9.54. The topological polar surface area (TPSA) is 40.5 Å². The van der Waals surface area contributed by atoms with Crippen LogP contribution in [0, 0.1) is 11.6 Å². The highest BCUT2D eigenvalue weighted by Crippen LogP contribution is 2.18. The van der Waals surface area contributed by atoms with Crippen LogP contribution in [-0.2, 0) is 11.3 Å². The van der Waals surface area contributed by atoms with Gasteiger partial charge >= 0.3 is 5.97 Å². The van der Waals surface area contributed by atoms with Crippen molar-refractivity contribution >= 4 is 11.7 Å². The molecule has 0 unspecified atom stereocenters. The number of benzene rings is 2. The van der Waals surface area contributed by atoms with Gasteiger partial charge in [0.1, 0.15) is 18.2 Å². The minimum atomic E-state index is -1.01. The zero-order valence-corrected chi connectivity index (χ0v) is 10.6. The van der Waals surface area contributed by atoms with Crippen molar-refractivity contribution in [2.75, 3.05) is 11.4 Å². The molecule has 0 aliphatic heterocycles. The first kappa shape index (κ1) is 14.0. The molecule has 0 saturated heterocycles. The SMILES string of the molecule is O=C(O)CN(Cc1cc(F)cc(F)c1)c1ccccc1. The molecule has 2 rings (SSSR count). The van der Waals surface area contributed by atoms with Gasteiger partial charge in [0, 0.05) is 18.3 Å². The molecule has 0 amide bonds. The molecule has 0 spiro atoms. The summed E-state index contributed by atoms with van der Waals surface area (Å²) in [4.78, 5) is 12.5. The van der Waals surface area contributed by atoms with Crippen LogP contribution >= 0.6 is 0 Å². The van der Waals surface area contributed by atoms with Crippen LogP contribution in [0.25, 0.3) is 0 Å². The van der Waals surface area contributed by atoms with Gasteiger partial charge in [-0.15, -0.1) is 0 Å². The second kappa shape index (κ2) is 6.14. The predicted octanol–water partition coefficient (Wildman–Crippen LogP) is 3.06. The lowest BCUT2D eigenvalue weighted by Crippen LogP contribution is -2.29. The fourth-order valence-electron chi connectivity index (χ4n) is 1.96. The van der Waals surface area contributed by atoms with Crippen LogP contribution in [0.4, 0.5) is 14.5 Å². The average Bonchev–Trinajstić information content (AvgIpc) is 2.37. The summed E-state index contributed by atoms with van der Waals surface area (Å²) in [5.74, 6) is -2.36. The molecule has 0 heterocycles. The number of halogens is 2. The van der Waals surface area contributed by atoms with Crippen molar-refractivity contribution in [1.29, 1.82) is 0 Å². The molecule has 0 radical (unpaired) electrons. The van der Waals surface area contributed by atoms with Crippen LogP contribution in [0.5, 0.6) is 0 Å². The number of anilines is 1. The summed E-state index contributed by atoms with van der Waals surface area (Å²) < 4.78 is 26.3. The maximum Gasteiger partial charge on any atom is 0.323 e. The second-order valence-electron chi connectivity index (χ2n) is 4.36. The molecule has 104 valence electrons. The Bertz CT molecular complexity index is 582. The summed E-state index contributed by atoms with van der Waals surface area (Å²) in [7, 11) is 0. The maximum absolute atomic E-state index is 13.2. The molecule has 0 aliphatic rings.